The highest BCUT2D eigenvalue weighted by molar-refractivity contribution is 5.24. The number of piperidine rings is 1. The van der Waals surface area contributed by atoms with E-state index in [-0.39, 0.29) is 0 Å². The van der Waals surface area contributed by atoms with Gasteiger partial charge in [0.25, 0.3) is 0 Å². The van der Waals surface area contributed by atoms with Crippen molar-refractivity contribution in [3.05, 3.63) is 0 Å². The van der Waals surface area contributed by atoms with Crippen LogP contribution in [0.5, 0.6) is 0 Å². The third-order valence-electron chi connectivity index (χ3n) is 5.90. The number of hydrogen-bond acceptors (Lipinski definition) is 1. The predicted octanol–water partition coefficient (Wildman–Crippen LogP) is 4.46. The second-order valence-corrected chi connectivity index (χ2v) is 9.19. The SMILES string of the molecule is CC(C)(C)C1C2CCCCC23CC3N1C(C)(C)C. The Labute approximate surface area is 113 Å². The fourth-order valence-corrected chi connectivity index (χ4v) is 5.40. The third-order valence-corrected chi connectivity index (χ3v) is 5.90. The first kappa shape index (κ1) is 13.0. The molecule has 2 aliphatic carbocycles. The summed E-state index contributed by atoms with van der Waals surface area (Å²) in [5.41, 5.74) is 1.50. The molecule has 0 aromatic heterocycles. The summed E-state index contributed by atoms with van der Waals surface area (Å²) < 4.78 is 0. The zero-order chi connectivity index (χ0) is 13.3. The molecule has 1 saturated heterocycles. The molecular weight excluding hydrogens is 218 g/mol. The second kappa shape index (κ2) is 3.53. The van der Waals surface area contributed by atoms with Crippen LogP contribution in [0.2, 0.25) is 0 Å². The Morgan fingerprint density at radius 3 is 2.22 bits per heavy atom. The first-order valence-corrected chi connectivity index (χ1v) is 7.96. The number of hydrogen-bond donors (Lipinski definition) is 0. The molecule has 0 N–H and O–H groups in total. The second-order valence-electron chi connectivity index (χ2n) is 9.19. The van der Waals surface area contributed by atoms with Gasteiger partial charge >= 0.3 is 0 Å². The summed E-state index contributed by atoms with van der Waals surface area (Å²) in [4.78, 5) is 2.92. The Morgan fingerprint density at radius 2 is 1.67 bits per heavy atom. The molecule has 3 rings (SSSR count). The fourth-order valence-electron chi connectivity index (χ4n) is 5.40. The maximum absolute atomic E-state index is 2.92. The van der Waals surface area contributed by atoms with Gasteiger partial charge in [0.1, 0.15) is 0 Å². The topological polar surface area (TPSA) is 3.24 Å². The van der Waals surface area contributed by atoms with Crippen LogP contribution >= 0.6 is 0 Å². The van der Waals surface area contributed by atoms with Gasteiger partial charge in [-0.15, -0.1) is 0 Å². The van der Waals surface area contributed by atoms with Crippen LogP contribution in [0.15, 0.2) is 0 Å². The monoisotopic (exact) mass is 249 g/mol. The Balaban J connectivity index is 1.99. The van der Waals surface area contributed by atoms with Crippen molar-refractivity contribution in [3.63, 3.8) is 0 Å². The van der Waals surface area contributed by atoms with E-state index in [0.717, 1.165) is 23.4 Å². The molecule has 0 amide bonds. The van der Waals surface area contributed by atoms with Crippen LogP contribution < -0.4 is 0 Å². The van der Waals surface area contributed by atoms with E-state index in [9.17, 15) is 0 Å². The van der Waals surface area contributed by atoms with Crippen LogP contribution in [0.1, 0.15) is 73.6 Å². The lowest BCUT2D eigenvalue weighted by atomic mass is 9.67. The van der Waals surface area contributed by atoms with Crippen molar-refractivity contribution in [3.8, 4) is 0 Å². The van der Waals surface area contributed by atoms with Gasteiger partial charge in [0, 0.05) is 17.6 Å². The van der Waals surface area contributed by atoms with Crippen LogP contribution in [-0.2, 0) is 0 Å². The van der Waals surface area contributed by atoms with Gasteiger partial charge < -0.3 is 0 Å². The highest BCUT2D eigenvalue weighted by atomic mass is 15.3. The maximum atomic E-state index is 2.92. The highest BCUT2D eigenvalue weighted by Crippen LogP contribution is 2.71. The lowest BCUT2D eigenvalue weighted by Gasteiger charge is -2.48. The van der Waals surface area contributed by atoms with Crippen molar-refractivity contribution in [2.24, 2.45) is 16.7 Å². The molecular formula is C17H31N. The van der Waals surface area contributed by atoms with E-state index in [1.165, 1.54) is 32.1 Å². The minimum Gasteiger partial charge on any atom is -0.291 e. The third kappa shape index (κ3) is 1.62. The van der Waals surface area contributed by atoms with Gasteiger partial charge in [0.05, 0.1) is 0 Å². The minimum absolute atomic E-state index is 0.337. The van der Waals surface area contributed by atoms with Gasteiger partial charge in [-0.2, -0.15) is 0 Å². The zero-order valence-corrected chi connectivity index (χ0v) is 13.2. The van der Waals surface area contributed by atoms with Gasteiger partial charge in [-0.25, -0.2) is 0 Å². The van der Waals surface area contributed by atoms with Crippen LogP contribution in [0, 0.1) is 16.7 Å². The van der Waals surface area contributed by atoms with Crippen LogP contribution in [0.25, 0.3) is 0 Å². The summed E-state index contributed by atoms with van der Waals surface area (Å²) in [5, 5.41) is 0. The summed E-state index contributed by atoms with van der Waals surface area (Å²) in [6.45, 7) is 14.7. The van der Waals surface area contributed by atoms with Crippen LogP contribution in [0.3, 0.4) is 0 Å². The molecule has 18 heavy (non-hydrogen) atoms. The molecule has 3 aliphatic rings. The molecule has 0 bridgehead atoms. The van der Waals surface area contributed by atoms with Crippen LogP contribution in [-0.4, -0.2) is 22.5 Å². The Bertz CT molecular complexity index is 346. The van der Waals surface area contributed by atoms with Crippen molar-refractivity contribution >= 4 is 0 Å². The molecule has 1 heterocycles. The van der Waals surface area contributed by atoms with E-state index < -0.39 is 0 Å². The molecule has 0 aromatic rings. The Morgan fingerprint density at radius 1 is 1.00 bits per heavy atom. The van der Waals surface area contributed by atoms with E-state index in [1.54, 1.807) is 0 Å². The molecule has 4 unspecified atom stereocenters. The van der Waals surface area contributed by atoms with E-state index in [2.05, 4.69) is 46.4 Å². The van der Waals surface area contributed by atoms with Gasteiger partial charge in [-0.1, -0.05) is 33.6 Å². The molecule has 104 valence electrons. The smallest absolute Gasteiger partial charge is 0.0186 e. The number of nitrogens with zero attached hydrogens (tertiary/aromatic N) is 1. The number of likely N-dealkylation sites (tertiary alicyclic amines) is 1. The molecule has 2 saturated carbocycles. The average molecular weight is 249 g/mol. The quantitative estimate of drug-likeness (QED) is 0.612. The summed E-state index contributed by atoms with van der Waals surface area (Å²) >= 11 is 0. The highest BCUT2D eigenvalue weighted by Gasteiger charge is 2.72. The van der Waals surface area contributed by atoms with Crippen molar-refractivity contribution in [1.82, 2.24) is 4.90 Å². The summed E-state index contributed by atoms with van der Waals surface area (Å²) in [7, 11) is 0. The Hall–Kier alpha value is -0.0400. The standard InChI is InChI=1S/C17H31N/c1-15(2,3)14-12-9-7-8-10-17(12)11-13(17)18(14)16(4,5)6/h12-14H,7-11H2,1-6H3. The fraction of sp³-hybridized carbons (Fsp3) is 1.00. The molecule has 1 heteroatoms. The predicted molar refractivity (Wildman–Crippen MR) is 77.6 cm³/mol. The van der Waals surface area contributed by atoms with E-state index in [4.69, 9.17) is 0 Å². The van der Waals surface area contributed by atoms with Crippen molar-refractivity contribution < 1.29 is 0 Å². The average Bonchev–Trinajstić information content (AvgIpc) is 2.79. The maximum Gasteiger partial charge on any atom is 0.0186 e. The van der Waals surface area contributed by atoms with E-state index >= 15 is 0 Å². The van der Waals surface area contributed by atoms with Crippen LogP contribution in [0.4, 0.5) is 0 Å². The molecule has 4 atom stereocenters. The molecule has 1 nitrogen and oxygen atoms in total. The minimum atomic E-state index is 0.337. The van der Waals surface area contributed by atoms with E-state index in [1.807, 2.05) is 0 Å². The first-order chi connectivity index (χ1) is 8.18. The molecule has 1 spiro atoms. The van der Waals surface area contributed by atoms with Gasteiger partial charge in [0.15, 0.2) is 0 Å². The molecule has 3 fully saturated rings. The summed E-state index contributed by atoms with van der Waals surface area (Å²) in [6.07, 6.45) is 7.47. The van der Waals surface area contributed by atoms with Crippen molar-refractivity contribution in [2.45, 2.75) is 91.3 Å². The van der Waals surface area contributed by atoms with Crippen molar-refractivity contribution in [2.75, 3.05) is 0 Å². The van der Waals surface area contributed by atoms with Gasteiger partial charge in [-0.05, 0) is 56.8 Å². The first-order valence-electron chi connectivity index (χ1n) is 7.96. The number of rotatable bonds is 0. The molecule has 1 aliphatic heterocycles. The largest absolute Gasteiger partial charge is 0.291 e. The zero-order valence-electron chi connectivity index (χ0n) is 13.2. The van der Waals surface area contributed by atoms with Gasteiger partial charge in [0.2, 0.25) is 0 Å². The lowest BCUT2D eigenvalue weighted by molar-refractivity contribution is 0.00664. The molecule has 0 radical (unpaired) electrons. The van der Waals surface area contributed by atoms with E-state index in [0.29, 0.717) is 11.0 Å². The normalized spacial score (nSPS) is 44.7. The Kier molecular flexibility index (Phi) is 2.55. The summed E-state index contributed by atoms with van der Waals surface area (Å²) in [5.74, 6) is 0.982. The lowest BCUT2D eigenvalue weighted by Crippen LogP contribution is -2.54. The summed E-state index contributed by atoms with van der Waals surface area (Å²) in [6, 6.07) is 1.71. The van der Waals surface area contributed by atoms with Crippen molar-refractivity contribution in [1.29, 1.82) is 0 Å². The molecule has 0 aromatic carbocycles. The van der Waals surface area contributed by atoms with Gasteiger partial charge in [-0.3, -0.25) is 4.90 Å².